The van der Waals surface area contributed by atoms with Crippen molar-refractivity contribution < 1.29 is 8.42 Å². The van der Waals surface area contributed by atoms with E-state index in [-0.39, 0.29) is 5.75 Å². The lowest BCUT2D eigenvalue weighted by atomic mass is 10.3. The molecule has 1 saturated heterocycles. The van der Waals surface area contributed by atoms with Gasteiger partial charge in [0.15, 0.2) is 15.8 Å². The molecule has 0 unspecified atom stereocenters. The van der Waals surface area contributed by atoms with Gasteiger partial charge in [-0.05, 0) is 36.1 Å². The summed E-state index contributed by atoms with van der Waals surface area (Å²) in [6, 6.07) is 12.9. The predicted octanol–water partition coefficient (Wildman–Crippen LogP) is 2.31. The van der Waals surface area contributed by atoms with Crippen molar-refractivity contribution in [2.45, 2.75) is 11.3 Å². The van der Waals surface area contributed by atoms with E-state index in [1.807, 2.05) is 6.07 Å². The number of piperazine rings is 1. The maximum atomic E-state index is 12.3. The molecule has 0 aliphatic carbocycles. The van der Waals surface area contributed by atoms with E-state index >= 15 is 0 Å². The molecule has 0 spiro atoms. The van der Waals surface area contributed by atoms with Crippen molar-refractivity contribution in [1.29, 1.82) is 0 Å². The fourth-order valence-electron chi connectivity index (χ4n) is 3.13. The summed E-state index contributed by atoms with van der Waals surface area (Å²) < 4.78 is 24.6. The van der Waals surface area contributed by atoms with Crippen LogP contribution in [0, 0.1) is 0 Å². The Bertz CT molecular complexity index is 828. The van der Waals surface area contributed by atoms with Crippen molar-refractivity contribution in [3.05, 3.63) is 47.8 Å². The van der Waals surface area contributed by atoms with Crippen LogP contribution in [-0.2, 0) is 9.84 Å². The highest BCUT2D eigenvalue weighted by molar-refractivity contribution is 7.91. The minimum Gasteiger partial charge on any atom is -0.360 e. The van der Waals surface area contributed by atoms with Gasteiger partial charge in [0.2, 0.25) is 0 Å². The Morgan fingerprint density at radius 2 is 1.85 bits per heavy atom. The van der Waals surface area contributed by atoms with Crippen LogP contribution in [0.4, 0.5) is 5.00 Å². The lowest BCUT2D eigenvalue weighted by Crippen LogP contribution is -2.52. The smallest absolute Gasteiger partial charge is 0.193 e. The molecule has 27 heavy (non-hydrogen) atoms. The number of hydrogen-bond acceptors (Lipinski definition) is 5. The molecule has 1 aliphatic heterocycles. The summed E-state index contributed by atoms with van der Waals surface area (Å²) >= 11 is 1.77. The maximum Gasteiger partial charge on any atom is 0.193 e. The molecule has 2 heterocycles. The number of anilines is 1. The normalized spacial score (nSPS) is 15.8. The van der Waals surface area contributed by atoms with Gasteiger partial charge < -0.3 is 15.1 Å². The van der Waals surface area contributed by atoms with Crippen molar-refractivity contribution in [3.63, 3.8) is 0 Å². The Morgan fingerprint density at radius 1 is 1.11 bits per heavy atom. The minimum absolute atomic E-state index is 0.132. The third-order valence-corrected chi connectivity index (χ3v) is 7.33. The molecule has 0 bridgehead atoms. The van der Waals surface area contributed by atoms with Crippen molar-refractivity contribution in [2.75, 3.05) is 50.4 Å². The SMILES string of the molecule is CN=C(NCCCS(=O)(=O)c1ccccc1)N1CCN(c2cccs2)CC1. The summed E-state index contributed by atoms with van der Waals surface area (Å²) in [6.45, 7) is 4.32. The summed E-state index contributed by atoms with van der Waals surface area (Å²) in [7, 11) is -1.45. The van der Waals surface area contributed by atoms with Crippen molar-refractivity contribution >= 4 is 32.1 Å². The molecule has 1 N–H and O–H groups in total. The fraction of sp³-hybridized carbons (Fsp3) is 0.421. The number of sulfone groups is 1. The number of nitrogens with zero attached hydrogens (tertiary/aromatic N) is 3. The molecule has 0 atom stereocenters. The molecular weight excluding hydrogens is 380 g/mol. The zero-order valence-corrected chi connectivity index (χ0v) is 17.2. The van der Waals surface area contributed by atoms with Crippen LogP contribution in [0.15, 0.2) is 57.7 Å². The van der Waals surface area contributed by atoms with E-state index in [1.165, 1.54) is 5.00 Å². The Labute approximate surface area is 165 Å². The highest BCUT2D eigenvalue weighted by Gasteiger charge is 2.20. The number of rotatable bonds is 6. The average Bonchev–Trinajstić information content (AvgIpc) is 3.24. The Morgan fingerprint density at radius 3 is 2.48 bits per heavy atom. The summed E-state index contributed by atoms with van der Waals surface area (Å²) in [6.07, 6.45) is 0.547. The second-order valence-corrected chi connectivity index (χ2v) is 9.42. The number of aliphatic imine (C=N–C) groups is 1. The van der Waals surface area contributed by atoms with Crippen LogP contribution in [0.5, 0.6) is 0 Å². The van der Waals surface area contributed by atoms with Crippen LogP contribution in [0.3, 0.4) is 0 Å². The average molecular weight is 407 g/mol. The van der Waals surface area contributed by atoms with Gasteiger partial charge in [-0.1, -0.05) is 18.2 Å². The van der Waals surface area contributed by atoms with Gasteiger partial charge in [0.1, 0.15) is 0 Å². The first kappa shape index (κ1) is 19.7. The van der Waals surface area contributed by atoms with Gasteiger partial charge in [-0.2, -0.15) is 0 Å². The lowest BCUT2D eigenvalue weighted by Gasteiger charge is -2.37. The molecule has 6 nitrogen and oxygen atoms in total. The highest BCUT2D eigenvalue weighted by atomic mass is 32.2. The Hall–Kier alpha value is -2.06. The largest absolute Gasteiger partial charge is 0.360 e. The standard InChI is InChI=1S/C19H26N4O2S2/c1-20-19(23-13-11-22(12-14-23)18-9-5-15-26-18)21-10-6-16-27(24,25)17-7-3-2-4-8-17/h2-5,7-9,15H,6,10-14,16H2,1H3,(H,20,21). The number of hydrogen-bond donors (Lipinski definition) is 1. The van der Waals surface area contributed by atoms with Gasteiger partial charge in [0, 0.05) is 39.8 Å². The number of guanidine groups is 1. The first-order chi connectivity index (χ1) is 13.1. The quantitative estimate of drug-likeness (QED) is 0.453. The Balaban J connectivity index is 1.43. The van der Waals surface area contributed by atoms with Crippen LogP contribution in [-0.4, -0.2) is 64.8 Å². The molecule has 3 rings (SSSR count). The molecule has 146 valence electrons. The van der Waals surface area contributed by atoms with Gasteiger partial charge in [0.05, 0.1) is 15.6 Å². The van der Waals surface area contributed by atoms with Gasteiger partial charge >= 0.3 is 0 Å². The zero-order valence-electron chi connectivity index (χ0n) is 15.5. The van der Waals surface area contributed by atoms with Gasteiger partial charge in [0.25, 0.3) is 0 Å². The molecule has 8 heteroatoms. The molecular formula is C19H26N4O2S2. The van der Waals surface area contributed by atoms with Crippen LogP contribution in [0.1, 0.15) is 6.42 Å². The van der Waals surface area contributed by atoms with E-state index in [9.17, 15) is 8.42 Å². The van der Waals surface area contributed by atoms with Gasteiger partial charge in [-0.25, -0.2) is 8.42 Å². The second kappa shape index (κ2) is 9.23. The molecule has 2 aromatic rings. The molecule has 0 saturated carbocycles. The summed E-state index contributed by atoms with van der Waals surface area (Å²) in [5, 5.41) is 6.72. The van der Waals surface area contributed by atoms with E-state index in [1.54, 1.807) is 42.6 Å². The topological polar surface area (TPSA) is 65.0 Å². The van der Waals surface area contributed by atoms with Crippen LogP contribution in [0.25, 0.3) is 0 Å². The first-order valence-electron chi connectivity index (χ1n) is 9.12. The first-order valence-corrected chi connectivity index (χ1v) is 11.7. The van der Waals surface area contributed by atoms with Gasteiger partial charge in [-0.15, -0.1) is 11.3 Å². The summed E-state index contributed by atoms with van der Waals surface area (Å²) in [5.41, 5.74) is 0. The number of thiophene rings is 1. The van der Waals surface area contributed by atoms with E-state index in [0.717, 1.165) is 32.1 Å². The lowest BCUT2D eigenvalue weighted by molar-refractivity contribution is 0.373. The molecule has 0 radical (unpaired) electrons. The van der Waals surface area contributed by atoms with Crippen molar-refractivity contribution in [2.24, 2.45) is 4.99 Å². The van der Waals surface area contributed by atoms with Crippen LogP contribution in [0.2, 0.25) is 0 Å². The van der Waals surface area contributed by atoms with E-state index in [0.29, 0.717) is 17.9 Å². The van der Waals surface area contributed by atoms with Crippen molar-refractivity contribution in [3.8, 4) is 0 Å². The van der Waals surface area contributed by atoms with E-state index in [4.69, 9.17) is 0 Å². The van der Waals surface area contributed by atoms with Crippen LogP contribution >= 0.6 is 11.3 Å². The van der Waals surface area contributed by atoms with Crippen molar-refractivity contribution in [1.82, 2.24) is 10.2 Å². The fourth-order valence-corrected chi connectivity index (χ4v) is 5.25. The zero-order chi connectivity index (χ0) is 19.1. The monoisotopic (exact) mass is 406 g/mol. The van der Waals surface area contributed by atoms with Crippen LogP contribution < -0.4 is 10.2 Å². The van der Waals surface area contributed by atoms with E-state index < -0.39 is 9.84 Å². The molecule has 1 aromatic heterocycles. The minimum atomic E-state index is -3.22. The number of benzene rings is 1. The second-order valence-electron chi connectivity index (χ2n) is 6.38. The third-order valence-electron chi connectivity index (χ3n) is 4.58. The maximum absolute atomic E-state index is 12.3. The number of nitrogens with one attached hydrogen (secondary N) is 1. The molecule has 1 aliphatic rings. The summed E-state index contributed by atoms with van der Waals surface area (Å²) in [4.78, 5) is 9.37. The van der Waals surface area contributed by atoms with E-state index in [2.05, 4.69) is 37.6 Å². The third kappa shape index (κ3) is 5.23. The van der Waals surface area contributed by atoms with Gasteiger partial charge in [-0.3, -0.25) is 4.99 Å². The molecule has 1 aromatic carbocycles. The predicted molar refractivity (Wildman–Crippen MR) is 113 cm³/mol. The molecule has 0 amide bonds. The summed E-state index contributed by atoms with van der Waals surface area (Å²) in [5.74, 6) is 0.977. The molecule has 1 fully saturated rings. The highest BCUT2D eigenvalue weighted by Crippen LogP contribution is 2.22. The Kier molecular flexibility index (Phi) is 6.73.